The number of rotatable bonds is 9. The lowest BCUT2D eigenvalue weighted by Crippen LogP contribution is -2.40. The molecule has 1 N–H and O–H groups in total. The molecule has 0 saturated heterocycles. The Bertz CT molecular complexity index is 1660. The van der Waals surface area contributed by atoms with Crippen LogP contribution in [0.3, 0.4) is 0 Å². The van der Waals surface area contributed by atoms with Crippen LogP contribution in [0.15, 0.2) is 59.8 Å². The van der Waals surface area contributed by atoms with Crippen LogP contribution in [-0.2, 0) is 14.3 Å². The Kier molecular flexibility index (Phi) is 8.76. The summed E-state index contributed by atoms with van der Waals surface area (Å²) in [5.74, 6) is 0.0592. The molecule has 0 aliphatic rings. The van der Waals surface area contributed by atoms with Crippen LogP contribution in [0.2, 0.25) is 5.02 Å². The Balaban J connectivity index is 1.48. The second-order valence-electron chi connectivity index (χ2n) is 10.9. The van der Waals surface area contributed by atoms with Gasteiger partial charge in [-0.3, -0.25) is 14.3 Å². The lowest BCUT2D eigenvalue weighted by atomic mass is 10.1. The fourth-order valence-electron chi connectivity index (χ4n) is 3.92. The van der Waals surface area contributed by atoms with E-state index >= 15 is 0 Å². The summed E-state index contributed by atoms with van der Waals surface area (Å²) in [6.07, 6.45) is 2.22. The van der Waals surface area contributed by atoms with Crippen LogP contribution >= 0.6 is 11.6 Å². The van der Waals surface area contributed by atoms with Crippen molar-refractivity contribution in [1.29, 1.82) is 0 Å². The second-order valence-corrected chi connectivity index (χ2v) is 11.3. The summed E-state index contributed by atoms with van der Waals surface area (Å²) in [4.78, 5) is 46.3. The fourth-order valence-corrected chi connectivity index (χ4v) is 4.03. The zero-order valence-electron chi connectivity index (χ0n) is 24.1. The molecule has 0 bridgehead atoms. The number of ether oxygens (including phenoxy) is 4. The number of fused-ring (bicyclic) bond motifs is 1. The van der Waals surface area contributed by atoms with Crippen LogP contribution < -0.4 is 20.5 Å². The van der Waals surface area contributed by atoms with Crippen LogP contribution in [-0.4, -0.2) is 62.5 Å². The van der Waals surface area contributed by atoms with E-state index in [1.54, 1.807) is 77.1 Å². The quantitative estimate of drug-likeness (QED) is 0.278. The maximum Gasteiger partial charge on any atom is 0.408 e. The van der Waals surface area contributed by atoms with Gasteiger partial charge in [-0.05, 0) is 71.0 Å². The first-order valence-corrected chi connectivity index (χ1v) is 13.3. The Morgan fingerprint density at radius 3 is 2.40 bits per heavy atom. The number of benzene rings is 1. The predicted octanol–water partition coefficient (Wildman–Crippen LogP) is 4.43. The van der Waals surface area contributed by atoms with Gasteiger partial charge in [-0.1, -0.05) is 11.6 Å². The zero-order valence-corrected chi connectivity index (χ0v) is 24.9. The monoisotopic (exact) mass is 597 g/mol. The van der Waals surface area contributed by atoms with E-state index in [0.29, 0.717) is 39.2 Å². The van der Waals surface area contributed by atoms with Crippen molar-refractivity contribution in [2.24, 2.45) is 0 Å². The topological polar surface area (TPSA) is 135 Å². The van der Waals surface area contributed by atoms with Crippen molar-refractivity contribution in [2.75, 3.05) is 20.3 Å². The van der Waals surface area contributed by atoms with Gasteiger partial charge >= 0.3 is 17.8 Å². The van der Waals surface area contributed by atoms with Gasteiger partial charge in [0, 0.05) is 12.3 Å². The zero-order chi connectivity index (χ0) is 30.7. The van der Waals surface area contributed by atoms with E-state index in [2.05, 4.69) is 15.3 Å². The molecule has 3 heterocycles. The molecule has 3 aromatic heterocycles. The molecule has 0 aliphatic heterocycles. The summed E-state index contributed by atoms with van der Waals surface area (Å²) in [5.41, 5.74) is 0.00450. The van der Waals surface area contributed by atoms with Crippen molar-refractivity contribution >= 4 is 29.3 Å². The third-order valence-electron chi connectivity index (χ3n) is 5.72. The molecule has 0 unspecified atom stereocenters. The molecule has 1 aromatic carbocycles. The number of pyridine rings is 1. The Morgan fingerprint density at radius 2 is 1.74 bits per heavy atom. The number of hydrogen-bond acceptors (Lipinski definition) is 9. The lowest BCUT2D eigenvalue weighted by molar-refractivity contribution is -0.157. The molecule has 0 saturated carbocycles. The number of hydrogen-bond donors (Lipinski definition) is 1. The molecule has 1 amide bonds. The van der Waals surface area contributed by atoms with Crippen molar-refractivity contribution in [1.82, 2.24) is 24.3 Å². The van der Waals surface area contributed by atoms with Crippen LogP contribution in [0.5, 0.6) is 11.5 Å². The minimum Gasteiger partial charge on any atom is -0.493 e. The second kappa shape index (κ2) is 12.1. The first-order chi connectivity index (χ1) is 19.8. The fraction of sp³-hybridized carbons (Fsp3) is 0.345. The van der Waals surface area contributed by atoms with Crippen molar-refractivity contribution in [3.8, 4) is 28.6 Å². The number of alkyl carbamates (subject to hydrolysis) is 1. The average molecular weight is 598 g/mol. The molecule has 0 atom stereocenters. The molecule has 0 spiro atoms. The molecule has 42 heavy (non-hydrogen) atoms. The molecule has 4 rings (SSSR count). The first-order valence-electron chi connectivity index (χ1n) is 13.0. The van der Waals surface area contributed by atoms with Crippen LogP contribution in [0, 0.1) is 0 Å². The van der Waals surface area contributed by atoms with Gasteiger partial charge in [0.2, 0.25) is 0 Å². The summed E-state index contributed by atoms with van der Waals surface area (Å²) in [7, 11) is 1.47. The first kappa shape index (κ1) is 30.4. The summed E-state index contributed by atoms with van der Waals surface area (Å²) in [6.45, 7) is 8.12. The van der Waals surface area contributed by atoms with E-state index in [-0.39, 0.29) is 18.8 Å². The lowest BCUT2D eigenvalue weighted by Gasteiger charge is -2.26. The van der Waals surface area contributed by atoms with Crippen molar-refractivity contribution in [2.45, 2.75) is 45.8 Å². The van der Waals surface area contributed by atoms with Gasteiger partial charge in [-0.25, -0.2) is 19.0 Å². The number of amides is 1. The highest BCUT2D eigenvalue weighted by atomic mass is 35.5. The Hall–Kier alpha value is -4.58. The highest BCUT2D eigenvalue weighted by Gasteiger charge is 2.26. The van der Waals surface area contributed by atoms with Gasteiger partial charge in [0.05, 0.1) is 29.2 Å². The normalized spacial score (nSPS) is 11.7. The maximum atomic E-state index is 13.5. The van der Waals surface area contributed by atoms with Gasteiger partial charge in [0.25, 0.3) is 0 Å². The maximum absolute atomic E-state index is 13.5. The van der Waals surface area contributed by atoms with Gasteiger partial charge < -0.3 is 24.3 Å². The summed E-state index contributed by atoms with van der Waals surface area (Å²) >= 11 is 5.97. The number of nitrogens with one attached hydrogen (secondary N) is 1. The van der Waals surface area contributed by atoms with Crippen LogP contribution in [0.25, 0.3) is 22.7 Å². The minimum atomic E-state index is -1.04. The van der Waals surface area contributed by atoms with Gasteiger partial charge in [-0.2, -0.15) is 0 Å². The van der Waals surface area contributed by atoms with E-state index in [1.165, 1.54) is 28.6 Å². The highest BCUT2D eigenvalue weighted by Crippen LogP contribution is 2.30. The number of halogens is 1. The van der Waals surface area contributed by atoms with Crippen LogP contribution in [0.1, 0.15) is 34.6 Å². The Labute approximate surface area is 247 Å². The molecule has 0 aliphatic carbocycles. The van der Waals surface area contributed by atoms with Crippen LogP contribution in [0.4, 0.5) is 4.79 Å². The van der Waals surface area contributed by atoms with Gasteiger partial charge in [0.1, 0.15) is 36.3 Å². The number of aromatic nitrogens is 4. The van der Waals surface area contributed by atoms with E-state index in [1.807, 2.05) is 0 Å². The molecule has 222 valence electrons. The summed E-state index contributed by atoms with van der Waals surface area (Å²) in [6, 6.07) is 11.9. The number of esters is 1. The number of methoxy groups -OCH3 is 1. The van der Waals surface area contributed by atoms with E-state index in [4.69, 9.17) is 30.5 Å². The molecule has 0 radical (unpaired) electrons. The largest absolute Gasteiger partial charge is 0.493 e. The molecule has 4 aromatic rings. The summed E-state index contributed by atoms with van der Waals surface area (Å²) < 4.78 is 24.8. The number of carbonyl (C=O) groups excluding carboxylic acids is 2. The van der Waals surface area contributed by atoms with Crippen molar-refractivity contribution < 1.29 is 28.5 Å². The predicted molar refractivity (Wildman–Crippen MR) is 155 cm³/mol. The van der Waals surface area contributed by atoms with Gasteiger partial charge in [-0.15, -0.1) is 0 Å². The molecular formula is C29H32ClN5O7. The summed E-state index contributed by atoms with van der Waals surface area (Å²) in [5, 5.41) is 2.85. The van der Waals surface area contributed by atoms with E-state index in [9.17, 15) is 14.4 Å². The Morgan fingerprint density at radius 1 is 0.976 bits per heavy atom. The SMILES string of the molecule is COc1cc(-n2cnc3ccc(-c4ccc(Cl)cn4)n3c2=O)ccc1OCC(C)(C)OC(=O)CNC(=O)OC(C)(C)C. The van der Waals surface area contributed by atoms with Crippen molar-refractivity contribution in [3.05, 3.63) is 70.5 Å². The molecule has 0 fully saturated rings. The highest BCUT2D eigenvalue weighted by molar-refractivity contribution is 6.30. The average Bonchev–Trinajstić information content (AvgIpc) is 3.35. The standard InChI is InChI=1S/C29H32ClN5O7/c1-28(2,3)42-26(37)32-15-25(36)41-29(4,5)16-40-22-11-8-19(13-23(22)39-6)34-17-33-24-12-10-21(35(24)27(34)38)20-9-7-18(30)14-31-20/h7-14,17H,15-16H2,1-6H3,(H,32,37). The minimum absolute atomic E-state index is 0.0187. The smallest absolute Gasteiger partial charge is 0.408 e. The van der Waals surface area contributed by atoms with Crippen molar-refractivity contribution in [3.63, 3.8) is 0 Å². The molecular weight excluding hydrogens is 566 g/mol. The number of carbonyl (C=O) groups is 2. The number of nitrogens with zero attached hydrogens (tertiary/aromatic N) is 4. The van der Waals surface area contributed by atoms with E-state index in [0.717, 1.165) is 0 Å². The third-order valence-corrected chi connectivity index (χ3v) is 5.94. The van der Waals surface area contributed by atoms with Gasteiger partial charge in [0.15, 0.2) is 11.5 Å². The third kappa shape index (κ3) is 7.38. The molecule has 12 nitrogen and oxygen atoms in total. The van der Waals surface area contributed by atoms with E-state index < -0.39 is 23.3 Å². The molecule has 13 heteroatoms.